The number of ether oxygens (including phenoxy) is 1. The van der Waals surface area contributed by atoms with Crippen LogP contribution in [-0.4, -0.2) is 38.5 Å². The Labute approximate surface area is 199 Å². The molecule has 0 saturated carbocycles. The highest BCUT2D eigenvalue weighted by molar-refractivity contribution is 7.92. The third-order valence-corrected chi connectivity index (χ3v) is 7.18. The second kappa shape index (κ2) is 10.4. The highest BCUT2D eigenvalue weighted by Crippen LogP contribution is 2.21. The van der Waals surface area contributed by atoms with Crippen LogP contribution in [0.5, 0.6) is 0 Å². The van der Waals surface area contributed by atoms with Gasteiger partial charge in [-0.15, -0.1) is 0 Å². The molecule has 1 N–H and O–H groups in total. The zero-order valence-electron chi connectivity index (χ0n) is 18.9. The molecule has 1 heterocycles. The summed E-state index contributed by atoms with van der Waals surface area (Å²) in [7, 11) is -3.81. The highest BCUT2D eigenvalue weighted by atomic mass is 32.2. The molecule has 1 aliphatic heterocycles. The van der Waals surface area contributed by atoms with Crippen LogP contribution in [0.3, 0.4) is 0 Å². The van der Waals surface area contributed by atoms with Crippen LogP contribution in [-0.2, 0) is 21.3 Å². The van der Waals surface area contributed by atoms with E-state index in [1.165, 1.54) is 36.4 Å². The van der Waals surface area contributed by atoms with E-state index >= 15 is 0 Å². The summed E-state index contributed by atoms with van der Waals surface area (Å²) in [6.45, 7) is 3.09. The average Bonchev–Trinajstić information content (AvgIpc) is 3.33. The number of rotatable bonds is 8. The first-order valence-corrected chi connectivity index (χ1v) is 12.6. The van der Waals surface area contributed by atoms with Crippen LogP contribution in [0.2, 0.25) is 0 Å². The molecule has 0 aliphatic carbocycles. The van der Waals surface area contributed by atoms with E-state index in [4.69, 9.17) is 4.74 Å². The van der Waals surface area contributed by atoms with Gasteiger partial charge in [0.2, 0.25) is 0 Å². The highest BCUT2D eigenvalue weighted by Gasteiger charge is 2.24. The Morgan fingerprint density at radius 1 is 1.09 bits per heavy atom. The van der Waals surface area contributed by atoms with Crippen molar-refractivity contribution in [2.45, 2.75) is 37.3 Å². The third-order valence-electron chi connectivity index (χ3n) is 5.80. The van der Waals surface area contributed by atoms with Gasteiger partial charge < -0.3 is 9.64 Å². The minimum absolute atomic E-state index is 0.0584. The van der Waals surface area contributed by atoms with Crippen molar-refractivity contribution >= 4 is 21.6 Å². The number of hydrogen-bond acceptors (Lipinski definition) is 4. The molecule has 1 aliphatic rings. The molecule has 3 aromatic carbocycles. The number of nitrogens with zero attached hydrogens (tertiary/aromatic N) is 1. The van der Waals surface area contributed by atoms with Crippen LogP contribution < -0.4 is 4.72 Å². The lowest BCUT2D eigenvalue weighted by atomic mass is 10.1. The maximum Gasteiger partial charge on any atom is 0.261 e. The minimum atomic E-state index is -3.81. The summed E-state index contributed by atoms with van der Waals surface area (Å²) in [6, 6.07) is 19.1. The van der Waals surface area contributed by atoms with Crippen molar-refractivity contribution in [2.75, 3.05) is 17.9 Å². The van der Waals surface area contributed by atoms with Crippen molar-refractivity contribution in [3.8, 4) is 0 Å². The van der Waals surface area contributed by atoms with Crippen molar-refractivity contribution in [2.24, 2.45) is 0 Å². The summed E-state index contributed by atoms with van der Waals surface area (Å²) in [5.41, 5.74) is 2.33. The first-order chi connectivity index (χ1) is 16.3. The summed E-state index contributed by atoms with van der Waals surface area (Å²) in [5, 5.41) is 0. The van der Waals surface area contributed by atoms with Gasteiger partial charge >= 0.3 is 0 Å². The number of aryl methyl sites for hydroxylation is 1. The molecule has 0 radical (unpaired) electrons. The maximum atomic E-state index is 13.7. The van der Waals surface area contributed by atoms with Gasteiger partial charge in [0.1, 0.15) is 5.82 Å². The molecule has 178 valence electrons. The van der Waals surface area contributed by atoms with Gasteiger partial charge in [-0.1, -0.05) is 30.3 Å². The molecule has 4 rings (SSSR count). The molecule has 1 saturated heterocycles. The van der Waals surface area contributed by atoms with Gasteiger partial charge in [-0.05, 0) is 73.4 Å². The molecular weight excluding hydrogens is 455 g/mol. The van der Waals surface area contributed by atoms with E-state index in [2.05, 4.69) is 4.72 Å². The van der Waals surface area contributed by atoms with Crippen molar-refractivity contribution in [3.05, 3.63) is 95.3 Å². The van der Waals surface area contributed by atoms with Gasteiger partial charge in [0.15, 0.2) is 0 Å². The molecule has 8 heteroatoms. The fourth-order valence-electron chi connectivity index (χ4n) is 3.96. The van der Waals surface area contributed by atoms with Crippen LogP contribution in [0.4, 0.5) is 10.1 Å². The molecule has 0 bridgehead atoms. The zero-order chi connectivity index (χ0) is 24.1. The summed E-state index contributed by atoms with van der Waals surface area (Å²) < 4.78 is 47.6. The summed E-state index contributed by atoms with van der Waals surface area (Å²) in [6.07, 6.45) is 1.72. The Hall–Kier alpha value is -3.23. The van der Waals surface area contributed by atoms with E-state index in [1.54, 1.807) is 29.2 Å². The molecule has 1 amide bonds. The molecule has 1 fully saturated rings. The number of halogens is 1. The Balaban J connectivity index is 1.53. The van der Waals surface area contributed by atoms with Gasteiger partial charge in [0.25, 0.3) is 15.9 Å². The molecule has 6 nitrogen and oxygen atoms in total. The predicted molar refractivity (Wildman–Crippen MR) is 129 cm³/mol. The number of hydrogen-bond donors (Lipinski definition) is 1. The van der Waals surface area contributed by atoms with Crippen LogP contribution in [0, 0.1) is 12.7 Å². The summed E-state index contributed by atoms with van der Waals surface area (Å²) >= 11 is 0. The molecule has 0 spiro atoms. The molecule has 0 aromatic heterocycles. The lowest BCUT2D eigenvalue weighted by molar-refractivity contribution is 0.0507. The van der Waals surface area contributed by atoms with E-state index in [0.29, 0.717) is 30.0 Å². The minimum Gasteiger partial charge on any atom is -0.376 e. The Bertz CT molecular complexity index is 1260. The SMILES string of the molecule is Cc1ccccc1NS(=O)(=O)c1ccc(C(=O)N(Cc2cccc(F)c2)CC2CCCO2)cc1. The zero-order valence-corrected chi connectivity index (χ0v) is 19.7. The fourth-order valence-corrected chi connectivity index (χ4v) is 5.09. The third kappa shape index (κ3) is 5.81. The number of benzene rings is 3. The van der Waals surface area contributed by atoms with Crippen molar-refractivity contribution < 1.29 is 22.3 Å². The molecule has 34 heavy (non-hydrogen) atoms. The Kier molecular flexibility index (Phi) is 7.29. The molecule has 3 aromatic rings. The maximum absolute atomic E-state index is 13.7. The van der Waals surface area contributed by atoms with Crippen molar-refractivity contribution in [1.82, 2.24) is 4.90 Å². The Morgan fingerprint density at radius 2 is 1.85 bits per heavy atom. The van der Waals surface area contributed by atoms with Crippen LogP contribution in [0.1, 0.15) is 34.3 Å². The van der Waals surface area contributed by atoms with E-state index in [9.17, 15) is 17.6 Å². The predicted octanol–water partition coefficient (Wildman–Crippen LogP) is 4.76. The largest absolute Gasteiger partial charge is 0.376 e. The standard InChI is InChI=1S/C26H27FN2O4S/c1-19-6-2-3-10-25(19)28-34(31,32)24-13-11-21(12-14-24)26(30)29(18-23-9-5-15-33-23)17-20-7-4-8-22(27)16-20/h2-4,6-8,10-14,16,23,28H,5,9,15,17-18H2,1H3. The van der Waals surface area contributed by atoms with Gasteiger partial charge in [-0.25, -0.2) is 12.8 Å². The summed E-state index contributed by atoms with van der Waals surface area (Å²) in [4.78, 5) is 15.0. The normalized spacial score (nSPS) is 15.8. The average molecular weight is 483 g/mol. The topological polar surface area (TPSA) is 75.7 Å². The van der Waals surface area contributed by atoms with Crippen LogP contribution in [0.15, 0.2) is 77.7 Å². The van der Waals surface area contributed by atoms with Gasteiger partial charge in [-0.3, -0.25) is 9.52 Å². The first kappa shape index (κ1) is 23.9. The van der Waals surface area contributed by atoms with Crippen molar-refractivity contribution in [3.63, 3.8) is 0 Å². The molecular formula is C26H27FN2O4S. The van der Waals surface area contributed by atoms with E-state index in [1.807, 2.05) is 19.1 Å². The Morgan fingerprint density at radius 3 is 2.53 bits per heavy atom. The number of sulfonamides is 1. The second-order valence-electron chi connectivity index (χ2n) is 8.40. The lowest BCUT2D eigenvalue weighted by Crippen LogP contribution is -2.37. The van der Waals surface area contributed by atoms with E-state index in [0.717, 1.165) is 18.4 Å². The number of carbonyl (C=O) groups is 1. The molecule has 1 atom stereocenters. The number of para-hydroxylation sites is 1. The van der Waals surface area contributed by atoms with E-state index < -0.39 is 10.0 Å². The van der Waals surface area contributed by atoms with Gasteiger partial charge in [0, 0.05) is 25.3 Å². The van der Waals surface area contributed by atoms with Crippen molar-refractivity contribution in [1.29, 1.82) is 0 Å². The van der Waals surface area contributed by atoms with Crippen LogP contribution in [0.25, 0.3) is 0 Å². The first-order valence-electron chi connectivity index (χ1n) is 11.2. The smallest absolute Gasteiger partial charge is 0.261 e. The van der Waals surface area contributed by atoms with E-state index in [-0.39, 0.29) is 29.3 Å². The summed E-state index contributed by atoms with van der Waals surface area (Å²) in [5.74, 6) is -0.631. The number of carbonyl (C=O) groups excluding carboxylic acids is 1. The number of nitrogens with one attached hydrogen (secondary N) is 1. The van der Waals surface area contributed by atoms with Gasteiger partial charge in [0.05, 0.1) is 16.7 Å². The number of anilines is 1. The van der Waals surface area contributed by atoms with Crippen LogP contribution >= 0.6 is 0 Å². The molecule has 1 unspecified atom stereocenters. The quantitative estimate of drug-likeness (QED) is 0.503. The van der Waals surface area contributed by atoms with Gasteiger partial charge in [-0.2, -0.15) is 0 Å². The second-order valence-corrected chi connectivity index (χ2v) is 10.1. The fraction of sp³-hybridized carbons (Fsp3) is 0.269. The number of amides is 1. The monoisotopic (exact) mass is 482 g/mol. The lowest BCUT2D eigenvalue weighted by Gasteiger charge is -2.26.